The van der Waals surface area contributed by atoms with Crippen molar-refractivity contribution in [3.05, 3.63) is 66.8 Å². The Morgan fingerprint density at radius 3 is 2.56 bits per heavy atom. The summed E-state index contributed by atoms with van der Waals surface area (Å²) < 4.78 is 3.59. The van der Waals surface area contributed by atoms with Crippen LogP contribution in [0.5, 0.6) is 0 Å². The maximum absolute atomic E-state index is 14.0. The Kier molecular flexibility index (Phi) is 7.43. The molecule has 0 bridgehead atoms. The number of hydrogen-bond donors (Lipinski definition) is 1. The Morgan fingerprint density at radius 2 is 1.83 bits per heavy atom. The second-order valence-electron chi connectivity index (χ2n) is 13.5. The summed E-state index contributed by atoms with van der Waals surface area (Å²) in [5.74, 6) is 1.55. The quantitative estimate of drug-likeness (QED) is 0.281. The molecule has 0 aliphatic carbocycles. The van der Waals surface area contributed by atoms with Crippen molar-refractivity contribution < 1.29 is 9.59 Å². The lowest BCUT2D eigenvalue weighted by atomic mass is 9.85. The van der Waals surface area contributed by atoms with Gasteiger partial charge >= 0.3 is 0 Å². The van der Waals surface area contributed by atoms with Crippen LogP contribution in [0.4, 0.5) is 5.82 Å². The van der Waals surface area contributed by atoms with Crippen molar-refractivity contribution in [2.45, 2.75) is 39.2 Å². The molecule has 1 spiro atoms. The van der Waals surface area contributed by atoms with E-state index in [1.165, 1.54) is 5.57 Å². The van der Waals surface area contributed by atoms with Crippen LogP contribution in [-0.4, -0.2) is 101 Å². The number of benzene rings is 1. The number of amides is 2. The highest BCUT2D eigenvalue weighted by molar-refractivity contribution is 6.01. The summed E-state index contributed by atoms with van der Waals surface area (Å²) in [5.41, 5.74) is 6.05. The fourth-order valence-corrected chi connectivity index (χ4v) is 7.25. The largest absolute Gasteiger partial charge is 0.338 e. The normalized spacial score (nSPS) is 20.2. The molecule has 0 radical (unpaired) electrons. The molecule has 8 rings (SSSR count). The number of fused-ring (bicyclic) bond motifs is 1. The summed E-state index contributed by atoms with van der Waals surface area (Å²) in [5, 5.41) is 16.4. The van der Waals surface area contributed by atoms with E-state index in [-0.39, 0.29) is 17.9 Å². The number of pyridine rings is 1. The van der Waals surface area contributed by atoms with Gasteiger partial charge in [0.2, 0.25) is 11.8 Å². The number of likely N-dealkylation sites (tertiary alicyclic amines) is 1. The maximum atomic E-state index is 14.0. The van der Waals surface area contributed by atoms with Crippen LogP contribution in [0.15, 0.2) is 61.2 Å². The van der Waals surface area contributed by atoms with Gasteiger partial charge in [0.1, 0.15) is 23.4 Å². The molecule has 2 fully saturated rings. The number of anilines is 1. The number of nitrogens with one attached hydrogen (secondary N) is 1. The molecule has 0 saturated carbocycles. The van der Waals surface area contributed by atoms with Gasteiger partial charge in [-0.25, -0.2) is 9.97 Å². The van der Waals surface area contributed by atoms with Crippen molar-refractivity contribution in [3.63, 3.8) is 0 Å². The molecule has 2 saturated heterocycles. The van der Waals surface area contributed by atoms with Gasteiger partial charge in [-0.05, 0) is 62.9 Å². The fraction of sp³-hybridized carbons (Fsp3) is 0.400. The van der Waals surface area contributed by atoms with Crippen molar-refractivity contribution in [3.8, 4) is 22.6 Å². The van der Waals surface area contributed by atoms with E-state index in [2.05, 4.69) is 62.3 Å². The molecule has 48 heavy (non-hydrogen) atoms. The van der Waals surface area contributed by atoms with Crippen LogP contribution < -0.4 is 4.90 Å². The number of nitrogens with zero attached hydrogens (tertiary/aromatic N) is 10. The first-order chi connectivity index (χ1) is 23.3. The molecule has 13 heteroatoms. The number of rotatable bonds is 7. The number of hydrogen-bond acceptors (Lipinski definition) is 8. The molecular weight excluding hydrogens is 606 g/mol. The van der Waals surface area contributed by atoms with Crippen LogP contribution in [0.25, 0.3) is 39.3 Å². The molecule has 7 heterocycles. The van der Waals surface area contributed by atoms with Crippen LogP contribution in [0, 0.1) is 5.41 Å². The summed E-state index contributed by atoms with van der Waals surface area (Å²) in [7, 11) is 1.86. The van der Waals surface area contributed by atoms with Crippen molar-refractivity contribution in [1.82, 2.24) is 49.5 Å². The average Bonchev–Trinajstić information content (AvgIpc) is 3.94. The zero-order valence-corrected chi connectivity index (χ0v) is 27.5. The molecule has 0 unspecified atom stereocenters. The van der Waals surface area contributed by atoms with E-state index in [9.17, 15) is 9.59 Å². The van der Waals surface area contributed by atoms with Crippen LogP contribution in [-0.2, 0) is 16.6 Å². The summed E-state index contributed by atoms with van der Waals surface area (Å²) in [4.78, 5) is 42.5. The minimum absolute atomic E-state index is 0.0948. The van der Waals surface area contributed by atoms with Gasteiger partial charge in [-0.2, -0.15) is 15.3 Å². The number of aromatic nitrogens is 8. The predicted molar refractivity (Wildman–Crippen MR) is 182 cm³/mol. The lowest BCUT2D eigenvalue weighted by Crippen LogP contribution is -2.43. The lowest BCUT2D eigenvalue weighted by molar-refractivity contribution is -0.132. The molecule has 5 aromatic rings. The summed E-state index contributed by atoms with van der Waals surface area (Å²) >= 11 is 0. The third-order valence-corrected chi connectivity index (χ3v) is 10.1. The van der Waals surface area contributed by atoms with Crippen LogP contribution >= 0.6 is 0 Å². The molecule has 3 aliphatic heterocycles. The Bertz CT molecular complexity index is 2040. The Balaban J connectivity index is 0.893. The Labute approximate surface area is 278 Å². The van der Waals surface area contributed by atoms with Crippen molar-refractivity contribution >= 4 is 34.2 Å². The summed E-state index contributed by atoms with van der Waals surface area (Å²) in [6, 6.07) is 12.4. The third-order valence-electron chi connectivity index (χ3n) is 10.1. The number of H-pyrrole nitrogens is 1. The monoisotopic (exact) mass is 645 g/mol. The van der Waals surface area contributed by atoms with Gasteiger partial charge in [-0.15, -0.1) is 0 Å². The highest BCUT2D eigenvalue weighted by atomic mass is 16.2. The summed E-state index contributed by atoms with van der Waals surface area (Å²) in [6.45, 7) is 7.69. The molecule has 1 N–H and O–H groups in total. The molecule has 246 valence electrons. The molecule has 1 atom stereocenters. The minimum atomic E-state index is -0.486. The average molecular weight is 646 g/mol. The number of aromatic amines is 1. The first-order valence-corrected chi connectivity index (χ1v) is 16.6. The highest BCUT2D eigenvalue weighted by Gasteiger charge is 2.51. The topological polar surface area (TPSA) is 134 Å². The molecular formula is C35H39N11O2. The summed E-state index contributed by atoms with van der Waals surface area (Å²) in [6.07, 6.45) is 9.93. The van der Waals surface area contributed by atoms with Gasteiger partial charge in [-0.1, -0.05) is 30.3 Å². The second kappa shape index (κ2) is 11.8. The highest BCUT2D eigenvalue weighted by Crippen LogP contribution is 2.42. The fourth-order valence-electron chi connectivity index (χ4n) is 7.25. The van der Waals surface area contributed by atoms with Gasteiger partial charge in [0.25, 0.3) is 0 Å². The number of aryl methyl sites for hydroxylation is 1. The number of carbonyl (C=O) groups excluding carboxylic acids is 2. The smallest absolute Gasteiger partial charge is 0.237 e. The molecule has 3 aliphatic rings. The van der Waals surface area contributed by atoms with Crippen LogP contribution in [0.2, 0.25) is 0 Å². The van der Waals surface area contributed by atoms with Crippen molar-refractivity contribution in [2.24, 2.45) is 12.5 Å². The zero-order valence-electron chi connectivity index (χ0n) is 27.5. The maximum Gasteiger partial charge on any atom is 0.237 e. The molecule has 13 nitrogen and oxygen atoms in total. The Hall–Kier alpha value is -5.17. The second-order valence-corrected chi connectivity index (χ2v) is 13.5. The predicted octanol–water partition coefficient (Wildman–Crippen LogP) is 3.94. The van der Waals surface area contributed by atoms with E-state index in [1.807, 2.05) is 52.0 Å². The third kappa shape index (κ3) is 5.37. The van der Waals surface area contributed by atoms with E-state index >= 15 is 0 Å². The number of carbonyl (C=O) groups is 2. The van der Waals surface area contributed by atoms with Crippen LogP contribution in [0.3, 0.4) is 0 Å². The van der Waals surface area contributed by atoms with E-state index in [1.54, 1.807) is 17.2 Å². The van der Waals surface area contributed by atoms with E-state index in [0.29, 0.717) is 44.4 Å². The first kappa shape index (κ1) is 30.2. The Morgan fingerprint density at radius 1 is 1.02 bits per heavy atom. The zero-order chi connectivity index (χ0) is 33.0. The lowest BCUT2D eigenvalue weighted by Gasteiger charge is -2.29. The molecule has 1 aromatic carbocycles. The van der Waals surface area contributed by atoms with Gasteiger partial charge in [0.15, 0.2) is 5.82 Å². The van der Waals surface area contributed by atoms with Crippen molar-refractivity contribution in [2.75, 3.05) is 44.2 Å². The minimum Gasteiger partial charge on any atom is -0.338 e. The van der Waals surface area contributed by atoms with Gasteiger partial charge < -0.3 is 4.90 Å². The van der Waals surface area contributed by atoms with Gasteiger partial charge in [-0.3, -0.25) is 33.9 Å². The first-order valence-electron chi connectivity index (χ1n) is 16.6. The van der Waals surface area contributed by atoms with Gasteiger partial charge in [0.05, 0.1) is 23.7 Å². The van der Waals surface area contributed by atoms with Crippen LogP contribution in [0.1, 0.15) is 44.7 Å². The van der Waals surface area contributed by atoms with E-state index in [0.717, 1.165) is 59.2 Å². The molecule has 4 aromatic heterocycles. The SMILES string of the molecule is CC(C)n1cc(-c2n[nH]c3ccc(N4CC[C@]5(CCN(CC(=O)N6CC=C(c7ccc(-c8ncn(C)n8)cc7)CC6)C5)C4=O)nc23)cn1. The molecule has 2 amide bonds. The van der Waals surface area contributed by atoms with Gasteiger partial charge in [0, 0.05) is 56.6 Å². The van der Waals surface area contributed by atoms with E-state index < -0.39 is 5.41 Å². The van der Waals surface area contributed by atoms with E-state index in [4.69, 9.17) is 4.98 Å². The van der Waals surface area contributed by atoms with Crippen molar-refractivity contribution in [1.29, 1.82) is 0 Å². The standard InChI is InChI=1S/C35H39N11O2/c1-23(2)46-19-27(18-37-46)31-32-28(39-40-31)8-9-29(38-32)45-17-13-35(34(45)48)12-16-43(21-35)20-30(47)44-14-10-25(11-15-44)24-4-6-26(7-5-24)33-36-22-42(3)41-33/h4-10,18-19,22-23H,11-17,20-21H2,1-3H3,(H,39,40)/t35-/m0/s1.